The molecule has 120 valence electrons. The van der Waals surface area contributed by atoms with Crippen LogP contribution in [-0.4, -0.2) is 13.9 Å². The number of ketones is 1. The van der Waals surface area contributed by atoms with Gasteiger partial charge in [0, 0.05) is 11.3 Å². The van der Waals surface area contributed by atoms with Crippen molar-refractivity contribution >= 4 is 37.1 Å². The van der Waals surface area contributed by atoms with Gasteiger partial charge in [-0.1, -0.05) is 75.6 Å². The molecule has 1 spiro atoms. The Morgan fingerprint density at radius 2 is 1.77 bits per heavy atom. The van der Waals surface area contributed by atoms with Crippen LogP contribution in [0, 0.1) is 22.8 Å². The number of carbonyl (C=O) groups excluding carboxylic acids is 1. The topological polar surface area (TPSA) is 17.1 Å². The highest BCUT2D eigenvalue weighted by Crippen LogP contribution is 2.50. The number of rotatable bonds is 0. The van der Waals surface area contributed by atoms with E-state index in [0.29, 0.717) is 0 Å². The molecule has 0 aliphatic heterocycles. The zero-order valence-electron chi connectivity index (χ0n) is 14.0. The van der Waals surface area contributed by atoms with Crippen molar-refractivity contribution in [2.75, 3.05) is 0 Å². The van der Waals surface area contributed by atoms with E-state index in [1.165, 1.54) is 0 Å². The third kappa shape index (κ3) is 3.23. The Labute approximate surface area is 145 Å². The Kier molecular flexibility index (Phi) is 4.75. The average molecular weight is 355 g/mol. The fourth-order valence-corrected chi connectivity index (χ4v) is 4.39. The van der Waals surface area contributed by atoms with Gasteiger partial charge in [-0.05, 0) is 17.9 Å². The predicted molar refractivity (Wildman–Crippen MR) is 97.6 cm³/mol. The minimum atomic E-state index is -1.64. The van der Waals surface area contributed by atoms with Crippen LogP contribution in [-0.2, 0) is 4.79 Å². The van der Waals surface area contributed by atoms with Crippen molar-refractivity contribution in [3.05, 3.63) is 22.2 Å². The van der Waals surface area contributed by atoms with Crippen LogP contribution in [0.15, 0.2) is 22.2 Å². The first-order valence-electron chi connectivity index (χ1n) is 7.83. The van der Waals surface area contributed by atoms with Crippen LogP contribution < -0.4 is 0 Å². The van der Waals surface area contributed by atoms with Gasteiger partial charge in [-0.2, -0.15) is 0 Å². The smallest absolute Gasteiger partial charge is 0.215 e. The summed E-state index contributed by atoms with van der Waals surface area (Å²) in [5.41, 5.74) is 3.36. The maximum atomic E-state index is 11.8. The van der Waals surface area contributed by atoms with E-state index in [1.807, 2.05) is 12.2 Å². The molecule has 0 aromatic carbocycles. The van der Waals surface area contributed by atoms with E-state index in [4.69, 9.17) is 23.2 Å². The number of hydrogen-bond donors (Lipinski definition) is 0. The molecule has 22 heavy (non-hydrogen) atoms. The lowest BCUT2D eigenvalue weighted by Crippen LogP contribution is -2.36. The maximum Gasteiger partial charge on any atom is 0.215 e. The van der Waals surface area contributed by atoms with Crippen LogP contribution in [0.3, 0.4) is 0 Å². The molecular weight excluding hydrogens is 331 g/mol. The van der Waals surface area contributed by atoms with Gasteiger partial charge in [0.15, 0.2) is 0 Å². The van der Waals surface area contributed by atoms with Crippen LogP contribution >= 0.6 is 23.2 Å². The fraction of sp³-hybridized carbons (Fsp3) is 0.611. The van der Waals surface area contributed by atoms with Crippen LogP contribution in [0.1, 0.15) is 40.0 Å². The quantitative estimate of drug-likeness (QED) is 0.405. The Morgan fingerprint density at radius 1 is 1.23 bits per heavy atom. The Hall–Kier alpha value is -0.493. The van der Waals surface area contributed by atoms with Gasteiger partial charge in [-0.25, -0.2) is 0 Å². The number of Topliss-reactive ketones (excluding diaryl/α,β-unsaturated/α-hetero) is 1. The molecule has 2 aliphatic carbocycles. The van der Waals surface area contributed by atoms with Gasteiger partial charge < -0.3 is 0 Å². The Balaban J connectivity index is 2.37. The molecule has 0 amide bonds. The third-order valence-corrected chi connectivity index (χ3v) is 10.5. The lowest BCUT2D eigenvalue weighted by molar-refractivity contribution is -0.111. The van der Waals surface area contributed by atoms with Crippen molar-refractivity contribution in [2.24, 2.45) is 11.3 Å². The van der Waals surface area contributed by atoms with E-state index in [0.717, 1.165) is 19.3 Å². The summed E-state index contributed by atoms with van der Waals surface area (Å²) in [5.74, 6) is 3.48. The molecule has 0 aromatic rings. The molecule has 2 rings (SSSR count). The van der Waals surface area contributed by atoms with E-state index in [-0.39, 0.29) is 32.2 Å². The third-order valence-electron chi connectivity index (χ3n) is 5.41. The predicted octanol–water partition coefficient (Wildman–Crippen LogP) is 5.65. The van der Waals surface area contributed by atoms with Crippen molar-refractivity contribution in [3.8, 4) is 11.5 Å². The zero-order valence-corrected chi connectivity index (χ0v) is 16.5. The van der Waals surface area contributed by atoms with Crippen LogP contribution in [0.25, 0.3) is 0 Å². The van der Waals surface area contributed by atoms with E-state index in [1.54, 1.807) is 0 Å². The number of hydrogen-bond acceptors (Lipinski definition) is 1. The zero-order chi connectivity index (χ0) is 16.8. The minimum Gasteiger partial charge on any atom is -0.287 e. The average Bonchev–Trinajstić information content (AvgIpc) is 2.74. The van der Waals surface area contributed by atoms with Gasteiger partial charge in [-0.3, -0.25) is 4.79 Å². The van der Waals surface area contributed by atoms with E-state index >= 15 is 0 Å². The molecule has 0 N–H and O–H groups in total. The molecule has 0 radical (unpaired) electrons. The normalized spacial score (nSPS) is 24.7. The summed E-state index contributed by atoms with van der Waals surface area (Å²) < 4.78 is 0. The highest BCUT2D eigenvalue weighted by atomic mass is 35.5. The Morgan fingerprint density at radius 3 is 2.27 bits per heavy atom. The van der Waals surface area contributed by atoms with Gasteiger partial charge in [-0.15, -0.1) is 11.5 Å². The SMILES string of the molecule is CC(C)(C)[Si](C)(C)C#C[C@@H]1CCCC12C=C(Cl)C(=O)C(Cl)=C2. The molecule has 0 unspecified atom stereocenters. The van der Waals surface area contributed by atoms with Crippen LogP contribution in [0.2, 0.25) is 18.1 Å². The summed E-state index contributed by atoms with van der Waals surface area (Å²) in [5, 5.41) is 0.733. The molecule has 2 aliphatic rings. The first kappa shape index (κ1) is 17.9. The second-order valence-corrected chi connectivity index (χ2v) is 13.8. The maximum absolute atomic E-state index is 11.8. The van der Waals surface area contributed by atoms with E-state index in [9.17, 15) is 4.79 Å². The van der Waals surface area contributed by atoms with Crippen molar-refractivity contribution in [1.29, 1.82) is 0 Å². The summed E-state index contributed by atoms with van der Waals surface area (Å²) in [7, 11) is -1.64. The first-order chi connectivity index (χ1) is 9.98. The Bertz CT molecular complexity index is 589. The number of halogens is 2. The van der Waals surface area contributed by atoms with Crippen LogP contribution in [0.4, 0.5) is 0 Å². The van der Waals surface area contributed by atoms with Crippen molar-refractivity contribution in [2.45, 2.75) is 58.2 Å². The monoisotopic (exact) mass is 354 g/mol. The van der Waals surface area contributed by atoms with Crippen LogP contribution in [0.5, 0.6) is 0 Å². The van der Waals surface area contributed by atoms with Gasteiger partial charge in [0.2, 0.25) is 5.78 Å². The molecule has 1 saturated carbocycles. The molecule has 1 atom stereocenters. The van der Waals surface area contributed by atoms with Gasteiger partial charge in [0.25, 0.3) is 0 Å². The lowest BCUT2D eigenvalue weighted by atomic mass is 9.75. The summed E-state index contributed by atoms with van der Waals surface area (Å²) in [6, 6.07) is 0. The van der Waals surface area contributed by atoms with E-state index in [2.05, 4.69) is 45.3 Å². The fourth-order valence-electron chi connectivity index (χ4n) is 2.82. The van der Waals surface area contributed by atoms with Crippen molar-refractivity contribution < 1.29 is 4.79 Å². The molecule has 1 nitrogen and oxygen atoms in total. The highest BCUT2D eigenvalue weighted by Gasteiger charge is 2.43. The standard InChI is InChI=1S/C18H24Cl2OSi/c1-17(2,3)22(4,5)10-8-13-7-6-9-18(13)11-14(19)16(21)15(20)12-18/h11-13H,6-7,9H2,1-5H3/t13-/m0/s1. The molecule has 4 heteroatoms. The molecule has 0 bridgehead atoms. The van der Waals surface area contributed by atoms with Gasteiger partial charge in [0.1, 0.15) is 8.07 Å². The summed E-state index contributed by atoms with van der Waals surface area (Å²) >= 11 is 12.2. The van der Waals surface area contributed by atoms with Gasteiger partial charge >= 0.3 is 0 Å². The van der Waals surface area contributed by atoms with Crippen molar-refractivity contribution in [1.82, 2.24) is 0 Å². The lowest BCUT2D eigenvalue weighted by Gasteiger charge is -2.33. The number of carbonyl (C=O) groups is 1. The van der Waals surface area contributed by atoms with Crippen molar-refractivity contribution in [3.63, 3.8) is 0 Å². The van der Waals surface area contributed by atoms with Gasteiger partial charge in [0.05, 0.1) is 10.1 Å². The second-order valence-electron chi connectivity index (χ2n) is 8.02. The minimum absolute atomic E-state index is 0.206. The summed E-state index contributed by atoms with van der Waals surface area (Å²) in [6.45, 7) is 11.4. The largest absolute Gasteiger partial charge is 0.287 e. The highest BCUT2D eigenvalue weighted by molar-refractivity contribution is 6.87. The van der Waals surface area contributed by atoms with E-state index < -0.39 is 8.07 Å². The first-order valence-corrected chi connectivity index (χ1v) is 11.6. The number of allylic oxidation sites excluding steroid dienone is 4. The summed E-state index contributed by atoms with van der Waals surface area (Å²) in [6.07, 6.45) is 6.87. The molecular formula is C18H24Cl2OSi. The molecule has 0 heterocycles. The molecule has 0 aromatic heterocycles. The molecule has 0 saturated heterocycles. The summed E-state index contributed by atoms with van der Waals surface area (Å²) in [4.78, 5) is 11.8. The second kappa shape index (κ2) is 5.85. The molecule has 1 fully saturated rings.